The second-order valence-corrected chi connectivity index (χ2v) is 6.30. The average Bonchev–Trinajstić information content (AvgIpc) is 2.62. The van der Waals surface area contributed by atoms with Gasteiger partial charge in [-0.15, -0.1) is 0 Å². The number of likely N-dealkylation sites (tertiary alicyclic amines) is 1. The van der Waals surface area contributed by atoms with E-state index >= 15 is 0 Å². The lowest BCUT2D eigenvalue weighted by atomic mass is 10.0. The molecule has 0 radical (unpaired) electrons. The summed E-state index contributed by atoms with van der Waals surface area (Å²) in [4.78, 5) is 11.3. The van der Waals surface area contributed by atoms with Gasteiger partial charge in [0.1, 0.15) is 0 Å². The highest BCUT2D eigenvalue weighted by atomic mass is 15.1. The van der Waals surface area contributed by atoms with Gasteiger partial charge in [0.2, 0.25) is 0 Å². The normalized spacial score (nSPS) is 15.8. The lowest BCUT2D eigenvalue weighted by Gasteiger charge is -2.26. The molecule has 2 aromatic carbocycles. The van der Waals surface area contributed by atoms with Crippen molar-refractivity contribution < 1.29 is 0 Å². The van der Waals surface area contributed by atoms with Crippen molar-refractivity contribution in [2.75, 3.05) is 13.1 Å². The predicted molar refractivity (Wildman–Crippen MR) is 94.1 cm³/mol. The summed E-state index contributed by atoms with van der Waals surface area (Å²) in [6, 6.07) is 15.2. The Morgan fingerprint density at radius 2 is 1.57 bits per heavy atom. The molecule has 116 valence electrons. The van der Waals surface area contributed by atoms with Crippen molar-refractivity contribution in [3.63, 3.8) is 0 Å². The van der Waals surface area contributed by atoms with Gasteiger partial charge in [0.15, 0.2) is 0 Å². The van der Waals surface area contributed by atoms with Crippen LogP contribution in [-0.2, 0) is 6.54 Å². The van der Waals surface area contributed by atoms with Gasteiger partial charge in [-0.2, -0.15) is 0 Å². The smallest absolute Gasteiger partial charge is 0.0892 e. The fourth-order valence-electron chi connectivity index (χ4n) is 3.37. The van der Waals surface area contributed by atoms with Gasteiger partial charge in [-0.25, -0.2) is 0 Å². The van der Waals surface area contributed by atoms with Crippen LogP contribution in [0, 0.1) is 0 Å². The van der Waals surface area contributed by atoms with Crippen molar-refractivity contribution >= 4 is 11.0 Å². The number of benzene rings is 2. The summed E-state index contributed by atoms with van der Waals surface area (Å²) in [5, 5.41) is 0. The second-order valence-electron chi connectivity index (χ2n) is 6.30. The zero-order valence-corrected chi connectivity index (χ0v) is 13.3. The van der Waals surface area contributed by atoms with Crippen LogP contribution in [0.1, 0.15) is 24.8 Å². The third-order valence-electron chi connectivity index (χ3n) is 4.58. The van der Waals surface area contributed by atoms with Crippen LogP contribution in [0.5, 0.6) is 0 Å². The van der Waals surface area contributed by atoms with Crippen molar-refractivity contribution in [3.8, 4) is 11.1 Å². The lowest BCUT2D eigenvalue weighted by Crippen LogP contribution is -2.29. The molecular weight excluding hydrogens is 282 g/mol. The minimum absolute atomic E-state index is 0.945. The van der Waals surface area contributed by atoms with E-state index < -0.39 is 0 Å². The van der Waals surface area contributed by atoms with E-state index in [0.29, 0.717) is 0 Å². The molecule has 1 aliphatic heterocycles. The summed E-state index contributed by atoms with van der Waals surface area (Å²) in [6.07, 6.45) is 7.54. The van der Waals surface area contributed by atoms with Gasteiger partial charge in [-0.3, -0.25) is 14.9 Å². The number of nitrogens with zero attached hydrogens (tertiary/aromatic N) is 3. The molecule has 1 aromatic heterocycles. The summed E-state index contributed by atoms with van der Waals surface area (Å²) in [5.74, 6) is 0. The van der Waals surface area contributed by atoms with Crippen LogP contribution in [0.4, 0.5) is 0 Å². The van der Waals surface area contributed by atoms with Crippen LogP contribution in [0.15, 0.2) is 54.9 Å². The van der Waals surface area contributed by atoms with E-state index in [0.717, 1.165) is 17.6 Å². The van der Waals surface area contributed by atoms with Crippen molar-refractivity contribution in [1.82, 2.24) is 14.9 Å². The van der Waals surface area contributed by atoms with Crippen molar-refractivity contribution in [3.05, 3.63) is 60.4 Å². The Labute approximate surface area is 137 Å². The Morgan fingerprint density at radius 1 is 0.783 bits per heavy atom. The number of rotatable bonds is 3. The molecule has 3 aromatic rings. The summed E-state index contributed by atoms with van der Waals surface area (Å²) < 4.78 is 0. The molecule has 3 nitrogen and oxygen atoms in total. The van der Waals surface area contributed by atoms with Crippen molar-refractivity contribution in [2.24, 2.45) is 0 Å². The highest BCUT2D eigenvalue weighted by molar-refractivity contribution is 5.81. The molecule has 0 atom stereocenters. The topological polar surface area (TPSA) is 29.0 Å². The van der Waals surface area contributed by atoms with Gasteiger partial charge >= 0.3 is 0 Å². The Morgan fingerprint density at radius 3 is 2.43 bits per heavy atom. The highest BCUT2D eigenvalue weighted by Gasteiger charge is 2.11. The second kappa shape index (κ2) is 6.47. The van der Waals surface area contributed by atoms with E-state index in [9.17, 15) is 0 Å². The molecule has 0 unspecified atom stereocenters. The minimum Gasteiger partial charge on any atom is -0.299 e. The molecule has 2 heterocycles. The molecule has 1 saturated heterocycles. The Hall–Kier alpha value is -2.26. The maximum atomic E-state index is 4.41. The Balaban J connectivity index is 1.61. The monoisotopic (exact) mass is 303 g/mol. The quantitative estimate of drug-likeness (QED) is 0.723. The first-order chi connectivity index (χ1) is 11.4. The van der Waals surface area contributed by atoms with E-state index in [2.05, 4.69) is 57.3 Å². The largest absolute Gasteiger partial charge is 0.299 e. The number of hydrogen-bond donors (Lipinski definition) is 0. The molecule has 0 spiro atoms. The van der Waals surface area contributed by atoms with Crippen LogP contribution in [0.3, 0.4) is 0 Å². The maximum absolute atomic E-state index is 4.41. The molecule has 1 aliphatic rings. The molecule has 0 bridgehead atoms. The zero-order valence-electron chi connectivity index (χ0n) is 13.3. The predicted octanol–water partition coefficient (Wildman–Crippen LogP) is 4.28. The standard InChI is InChI=1S/C20H21N3/c1-2-11-23(12-3-1)15-16-5-4-6-17(13-16)18-7-8-19-20(14-18)22-10-9-21-19/h4-10,13-14H,1-3,11-12,15H2. The summed E-state index contributed by atoms with van der Waals surface area (Å²) in [6.45, 7) is 3.52. The fourth-order valence-corrected chi connectivity index (χ4v) is 3.37. The van der Waals surface area contributed by atoms with E-state index in [-0.39, 0.29) is 0 Å². The number of fused-ring (bicyclic) bond motifs is 1. The Bertz CT molecular complexity index is 807. The van der Waals surface area contributed by atoms with Crippen LogP contribution in [0.2, 0.25) is 0 Å². The van der Waals surface area contributed by atoms with E-state index in [1.54, 1.807) is 12.4 Å². The SMILES string of the molecule is c1cc(CN2CCCCC2)cc(-c2ccc3nccnc3c2)c1. The molecule has 0 aliphatic carbocycles. The molecule has 3 heteroatoms. The summed E-state index contributed by atoms with van der Waals surface area (Å²) in [5.41, 5.74) is 5.75. The van der Waals surface area contributed by atoms with E-state index in [4.69, 9.17) is 0 Å². The van der Waals surface area contributed by atoms with E-state index in [1.165, 1.54) is 49.0 Å². The van der Waals surface area contributed by atoms with Gasteiger partial charge in [0.25, 0.3) is 0 Å². The Kier molecular flexibility index (Phi) is 4.03. The average molecular weight is 303 g/mol. The maximum Gasteiger partial charge on any atom is 0.0892 e. The number of aromatic nitrogens is 2. The highest BCUT2D eigenvalue weighted by Crippen LogP contribution is 2.24. The molecular formula is C20H21N3. The van der Waals surface area contributed by atoms with E-state index in [1.807, 2.05) is 0 Å². The lowest BCUT2D eigenvalue weighted by molar-refractivity contribution is 0.221. The van der Waals surface area contributed by atoms with Gasteiger partial charge in [-0.05, 0) is 60.8 Å². The summed E-state index contributed by atoms with van der Waals surface area (Å²) in [7, 11) is 0. The summed E-state index contributed by atoms with van der Waals surface area (Å²) >= 11 is 0. The third-order valence-corrected chi connectivity index (χ3v) is 4.58. The fraction of sp³-hybridized carbons (Fsp3) is 0.300. The third kappa shape index (κ3) is 3.25. The van der Waals surface area contributed by atoms with Crippen LogP contribution < -0.4 is 0 Å². The molecule has 0 N–H and O–H groups in total. The number of hydrogen-bond acceptors (Lipinski definition) is 3. The minimum atomic E-state index is 0.945. The first-order valence-corrected chi connectivity index (χ1v) is 8.41. The van der Waals surface area contributed by atoms with Gasteiger partial charge in [0.05, 0.1) is 11.0 Å². The van der Waals surface area contributed by atoms with Gasteiger partial charge < -0.3 is 0 Å². The van der Waals surface area contributed by atoms with Gasteiger partial charge in [-0.1, -0.05) is 30.7 Å². The van der Waals surface area contributed by atoms with Crippen molar-refractivity contribution in [2.45, 2.75) is 25.8 Å². The molecule has 0 saturated carbocycles. The number of piperidine rings is 1. The molecule has 1 fully saturated rings. The first kappa shape index (κ1) is 14.3. The van der Waals surface area contributed by atoms with Crippen LogP contribution in [0.25, 0.3) is 22.2 Å². The first-order valence-electron chi connectivity index (χ1n) is 8.41. The molecule has 23 heavy (non-hydrogen) atoms. The van der Waals surface area contributed by atoms with Crippen molar-refractivity contribution in [1.29, 1.82) is 0 Å². The van der Waals surface area contributed by atoms with Gasteiger partial charge in [0, 0.05) is 18.9 Å². The molecule has 0 amide bonds. The molecule has 4 rings (SSSR count). The van der Waals surface area contributed by atoms with Crippen LogP contribution in [-0.4, -0.2) is 28.0 Å². The zero-order chi connectivity index (χ0) is 15.5. The van der Waals surface area contributed by atoms with Crippen LogP contribution >= 0.6 is 0 Å².